The molecule has 1 saturated carbocycles. The van der Waals surface area contributed by atoms with Crippen LogP contribution in [-0.4, -0.2) is 67.1 Å². The van der Waals surface area contributed by atoms with Crippen molar-refractivity contribution in [1.82, 2.24) is 15.1 Å². The predicted molar refractivity (Wildman–Crippen MR) is 86.1 cm³/mol. The highest BCUT2D eigenvalue weighted by Crippen LogP contribution is 2.29. The van der Waals surface area contributed by atoms with Gasteiger partial charge < -0.3 is 20.9 Å². The Balaban J connectivity index is 1.70. The van der Waals surface area contributed by atoms with Gasteiger partial charge in [0.25, 0.3) is 0 Å². The molecule has 1 aliphatic carbocycles. The summed E-state index contributed by atoms with van der Waals surface area (Å²) < 4.78 is 0. The highest BCUT2D eigenvalue weighted by molar-refractivity contribution is 5.84. The predicted octanol–water partition coefficient (Wildman–Crippen LogP) is 0.648. The van der Waals surface area contributed by atoms with Crippen LogP contribution in [0.1, 0.15) is 39.5 Å². The third kappa shape index (κ3) is 5.24. The van der Waals surface area contributed by atoms with Gasteiger partial charge in [0.05, 0.1) is 5.54 Å². The number of carbonyl (C=O) groups excluding carboxylic acids is 1. The van der Waals surface area contributed by atoms with Crippen LogP contribution in [0.25, 0.3) is 0 Å². The van der Waals surface area contributed by atoms with Crippen LogP contribution < -0.4 is 11.1 Å². The van der Waals surface area contributed by atoms with Crippen LogP contribution in [0.4, 0.5) is 0 Å². The molecule has 1 heterocycles. The van der Waals surface area contributed by atoms with Crippen LogP contribution in [0.2, 0.25) is 0 Å². The smallest absolute Gasteiger partial charge is 0.237 e. The Labute approximate surface area is 129 Å². The minimum atomic E-state index is -0.568. The van der Waals surface area contributed by atoms with Gasteiger partial charge in [-0.05, 0) is 45.1 Å². The normalized spacial score (nSPS) is 23.9. The van der Waals surface area contributed by atoms with E-state index in [4.69, 9.17) is 5.73 Å². The lowest BCUT2D eigenvalue weighted by Crippen LogP contribution is -2.56. The van der Waals surface area contributed by atoms with E-state index in [2.05, 4.69) is 22.0 Å². The summed E-state index contributed by atoms with van der Waals surface area (Å²) in [5.41, 5.74) is 5.01. The number of nitrogens with one attached hydrogen (secondary N) is 1. The lowest BCUT2D eigenvalue weighted by molar-refractivity contribution is -0.124. The van der Waals surface area contributed by atoms with E-state index in [1.54, 1.807) is 0 Å². The molecule has 1 aliphatic heterocycles. The highest BCUT2D eigenvalue weighted by atomic mass is 16.1. The Morgan fingerprint density at radius 1 is 1.24 bits per heavy atom. The van der Waals surface area contributed by atoms with Crippen molar-refractivity contribution in [1.29, 1.82) is 0 Å². The van der Waals surface area contributed by atoms with Crippen LogP contribution in [-0.2, 0) is 4.79 Å². The zero-order chi connectivity index (χ0) is 15.3. The minimum absolute atomic E-state index is 0.233. The summed E-state index contributed by atoms with van der Waals surface area (Å²) in [7, 11) is 0. The van der Waals surface area contributed by atoms with Crippen LogP contribution in [0.5, 0.6) is 0 Å². The number of carbonyl (C=O) groups is 1. The summed E-state index contributed by atoms with van der Waals surface area (Å²) in [4.78, 5) is 16.8. The van der Waals surface area contributed by atoms with Crippen molar-refractivity contribution in [3.05, 3.63) is 0 Å². The van der Waals surface area contributed by atoms with Crippen LogP contribution >= 0.6 is 0 Å². The second kappa shape index (κ2) is 7.56. The van der Waals surface area contributed by atoms with Gasteiger partial charge in [-0.3, -0.25) is 4.79 Å². The molecule has 1 saturated heterocycles. The fourth-order valence-electron chi connectivity index (χ4n) is 2.94. The molecule has 5 heteroatoms. The topological polar surface area (TPSA) is 61.6 Å². The zero-order valence-electron chi connectivity index (χ0n) is 13.7. The minimum Gasteiger partial charge on any atom is -0.368 e. The number of piperazine rings is 1. The molecule has 0 aromatic heterocycles. The molecule has 0 aromatic carbocycles. The average Bonchev–Trinajstić information content (AvgIpc) is 3.28. The summed E-state index contributed by atoms with van der Waals surface area (Å²) in [5, 5.41) is 3.32. The molecular weight excluding hydrogens is 264 g/mol. The van der Waals surface area contributed by atoms with Gasteiger partial charge >= 0.3 is 0 Å². The molecule has 2 fully saturated rings. The summed E-state index contributed by atoms with van der Waals surface area (Å²) in [6.45, 7) is 11.7. The van der Waals surface area contributed by atoms with Gasteiger partial charge in [-0.15, -0.1) is 0 Å². The molecule has 5 nitrogen and oxygen atoms in total. The SMILES string of the molecule is CCCNC(C)(CCN1CCN(CC2CC2)CC1)C(N)=O. The third-order valence-electron chi connectivity index (χ3n) is 4.92. The number of nitrogens with zero attached hydrogens (tertiary/aromatic N) is 2. The number of rotatable bonds is 9. The Bertz CT molecular complexity index is 337. The number of hydrogen-bond donors (Lipinski definition) is 2. The number of hydrogen-bond acceptors (Lipinski definition) is 4. The standard InChI is InChI=1S/C16H32N4O/c1-3-7-18-16(2,15(17)21)6-8-19-9-11-20(12-10-19)13-14-4-5-14/h14,18H,3-13H2,1-2H3,(H2,17,21). The highest BCUT2D eigenvalue weighted by Gasteiger charge is 2.31. The van der Waals surface area contributed by atoms with Crippen molar-refractivity contribution >= 4 is 5.91 Å². The van der Waals surface area contributed by atoms with Crippen molar-refractivity contribution in [2.24, 2.45) is 11.7 Å². The molecule has 0 spiro atoms. The van der Waals surface area contributed by atoms with E-state index in [0.717, 1.165) is 44.9 Å². The van der Waals surface area contributed by atoms with Crippen LogP contribution in [0.15, 0.2) is 0 Å². The average molecular weight is 296 g/mol. The van der Waals surface area contributed by atoms with Gasteiger partial charge in [0, 0.05) is 39.3 Å². The molecule has 0 aromatic rings. The van der Waals surface area contributed by atoms with Crippen LogP contribution in [0.3, 0.4) is 0 Å². The van der Waals surface area contributed by atoms with Gasteiger partial charge in [-0.2, -0.15) is 0 Å². The first-order valence-electron chi connectivity index (χ1n) is 8.53. The van der Waals surface area contributed by atoms with E-state index < -0.39 is 5.54 Å². The molecule has 1 amide bonds. The molecule has 122 valence electrons. The van der Waals surface area contributed by atoms with E-state index in [1.807, 2.05) is 6.92 Å². The summed E-state index contributed by atoms with van der Waals surface area (Å²) in [5.74, 6) is 0.747. The number of amides is 1. The van der Waals surface area contributed by atoms with Crippen molar-refractivity contribution in [3.63, 3.8) is 0 Å². The Morgan fingerprint density at radius 2 is 1.86 bits per heavy atom. The number of nitrogens with two attached hydrogens (primary N) is 1. The van der Waals surface area contributed by atoms with Crippen molar-refractivity contribution in [3.8, 4) is 0 Å². The second-order valence-electron chi connectivity index (χ2n) is 6.96. The maximum Gasteiger partial charge on any atom is 0.237 e. The van der Waals surface area contributed by atoms with Gasteiger partial charge in [0.2, 0.25) is 5.91 Å². The molecular formula is C16H32N4O. The van der Waals surface area contributed by atoms with Crippen molar-refractivity contribution < 1.29 is 4.79 Å². The maximum atomic E-state index is 11.7. The maximum absolute atomic E-state index is 11.7. The molecule has 2 aliphatic rings. The van der Waals surface area contributed by atoms with Gasteiger partial charge in [-0.25, -0.2) is 0 Å². The molecule has 0 bridgehead atoms. The number of primary amides is 1. The van der Waals surface area contributed by atoms with E-state index in [1.165, 1.54) is 32.5 Å². The fourth-order valence-corrected chi connectivity index (χ4v) is 2.94. The van der Waals surface area contributed by atoms with E-state index in [9.17, 15) is 4.79 Å². The van der Waals surface area contributed by atoms with Gasteiger partial charge in [0.15, 0.2) is 0 Å². The van der Waals surface area contributed by atoms with Gasteiger partial charge in [-0.1, -0.05) is 6.92 Å². The van der Waals surface area contributed by atoms with Crippen molar-refractivity contribution in [2.45, 2.75) is 45.1 Å². The molecule has 1 atom stereocenters. The lowest BCUT2D eigenvalue weighted by atomic mass is 9.96. The Hall–Kier alpha value is -0.650. The van der Waals surface area contributed by atoms with E-state index >= 15 is 0 Å². The van der Waals surface area contributed by atoms with E-state index in [-0.39, 0.29) is 5.91 Å². The molecule has 0 radical (unpaired) electrons. The fraction of sp³-hybridized carbons (Fsp3) is 0.938. The first-order chi connectivity index (χ1) is 10.0. The van der Waals surface area contributed by atoms with E-state index in [0.29, 0.717) is 0 Å². The summed E-state index contributed by atoms with van der Waals surface area (Å²) in [6.07, 6.45) is 4.67. The Kier molecular flexibility index (Phi) is 6.02. The quantitative estimate of drug-likeness (QED) is 0.656. The van der Waals surface area contributed by atoms with Crippen LogP contribution in [0, 0.1) is 5.92 Å². The van der Waals surface area contributed by atoms with Crippen molar-refractivity contribution in [2.75, 3.05) is 45.8 Å². The molecule has 3 N–H and O–H groups in total. The Morgan fingerprint density at radius 3 is 2.38 bits per heavy atom. The third-order valence-corrected chi connectivity index (χ3v) is 4.92. The summed E-state index contributed by atoms with van der Waals surface area (Å²) >= 11 is 0. The zero-order valence-corrected chi connectivity index (χ0v) is 13.7. The second-order valence-corrected chi connectivity index (χ2v) is 6.96. The first kappa shape index (κ1) is 16.7. The largest absolute Gasteiger partial charge is 0.368 e. The first-order valence-corrected chi connectivity index (χ1v) is 8.53. The monoisotopic (exact) mass is 296 g/mol. The lowest BCUT2D eigenvalue weighted by Gasteiger charge is -2.37. The molecule has 21 heavy (non-hydrogen) atoms. The molecule has 2 rings (SSSR count). The molecule has 1 unspecified atom stereocenters. The van der Waals surface area contributed by atoms with Gasteiger partial charge in [0.1, 0.15) is 0 Å². The summed E-state index contributed by atoms with van der Waals surface area (Å²) in [6, 6.07) is 0.